The monoisotopic (exact) mass is 513 g/mol. The molecule has 1 fully saturated rings. The Hall–Kier alpha value is -2.53. The fraction of sp³-hybridized carbons (Fsp3) is 0.353. The van der Waals surface area contributed by atoms with Crippen molar-refractivity contribution < 1.29 is 39.2 Å². The number of sulfonamides is 1. The maximum atomic E-state index is 15.0. The van der Waals surface area contributed by atoms with Crippen molar-refractivity contribution in [1.29, 1.82) is 0 Å². The third-order valence-corrected chi connectivity index (χ3v) is 7.94. The van der Waals surface area contributed by atoms with Gasteiger partial charge < -0.3 is 9.88 Å². The largest absolute Gasteiger partial charge is 0.343 e. The number of halogens is 4. The molecule has 3 rings (SSSR count). The van der Waals surface area contributed by atoms with Gasteiger partial charge in [-0.05, 0) is 6.42 Å². The average molecular weight is 513 g/mol. The van der Waals surface area contributed by atoms with Crippen LogP contribution in [0.3, 0.4) is 0 Å². The maximum Gasteiger partial charge on any atom is 0.276 e. The van der Waals surface area contributed by atoms with Crippen molar-refractivity contribution in [3.05, 3.63) is 47.3 Å². The molecule has 16 heteroatoms. The Labute approximate surface area is 186 Å². The minimum atomic E-state index is -4.46. The molecule has 1 atom stereocenters. The van der Waals surface area contributed by atoms with Crippen LogP contribution in [0.15, 0.2) is 23.2 Å². The highest BCUT2D eigenvalue weighted by Gasteiger charge is 2.38. The third kappa shape index (κ3) is 5.03. The van der Waals surface area contributed by atoms with E-state index in [1.165, 1.54) is 14.1 Å². The van der Waals surface area contributed by atoms with Crippen LogP contribution in [0, 0.1) is 23.3 Å². The van der Waals surface area contributed by atoms with Crippen LogP contribution in [0.2, 0.25) is 0 Å². The second-order valence-corrected chi connectivity index (χ2v) is 10.7. The van der Waals surface area contributed by atoms with E-state index in [2.05, 4.69) is 4.72 Å². The van der Waals surface area contributed by atoms with E-state index < -0.39 is 71.7 Å². The molecule has 1 aromatic heterocycles. The molecule has 182 valence electrons. The number of carbonyl (C=O) groups excluding carboxylic acids is 1. The number of benzene rings is 1. The van der Waals surface area contributed by atoms with E-state index in [1.807, 2.05) is 10.0 Å². The zero-order valence-corrected chi connectivity index (χ0v) is 18.8. The number of hydrogen-bond donors (Lipinski definition) is 3. The van der Waals surface area contributed by atoms with Gasteiger partial charge in [0, 0.05) is 57.2 Å². The van der Waals surface area contributed by atoms with Gasteiger partial charge in [-0.3, -0.25) is 4.79 Å². The van der Waals surface area contributed by atoms with Crippen LogP contribution < -0.4 is 14.8 Å². The van der Waals surface area contributed by atoms with Gasteiger partial charge in [0.25, 0.3) is 16.1 Å². The fourth-order valence-electron chi connectivity index (χ4n) is 3.29. The molecule has 3 N–H and O–H groups in total. The van der Waals surface area contributed by atoms with Gasteiger partial charge in [-0.2, -0.15) is 17.4 Å². The van der Waals surface area contributed by atoms with Crippen LogP contribution in [0.1, 0.15) is 16.9 Å². The van der Waals surface area contributed by atoms with Crippen LogP contribution >= 0.6 is 0 Å². The number of anilines is 1. The quantitative estimate of drug-likeness (QED) is 0.370. The lowest BCUT2D eigenvalue weighted by atomic mass is 10.2. The highest BCUT2D eigenvalue weighted by atomic mass is 32.2. The number of hydrogen-bond acceptors (Lipinski definition) is 5. The molecular weight excluding hydrogens is 494 g/mol. The topological polar surface area (TPSA) is 130 Å². The summed E-state index contributed by atoms with van der Waals surface area (Å²) in [5.41, 5.74) is -1.27. The van der Waals surface area contributed by atoms with Crippen LogP contribution in [-0.4, -0.2) is 57.8 Å². The molecule has 1 aliphatic heterocycles. The average Bonchev–Trinajstić information content (AvgIpc) is 3.30. The smallest absolute Gasteiger partial charge is 0.276 e. The fourth-order valence-corrected chi connectivity index (χ4v) is 5.65. The van der Waals surface area contributed by atoms with Crippen molar-refractivity contribution in [1.82, 2.24) is 18.3 Å². The predicted molar refractivity (Wildman–Crippen MR) is 108 cm³/mol. The van der Waals surface area contributed by atoms with Crippen molar-refractivity contribution in [2.24, 2.45) is 7.05 Å². The van der Waals surface area contributed by atoms with Gasteiger partial charge in [0.15, 0.2) is 23.3 Å². The van der Waals surface area contributed by atoms with Gasteiger partial charge in [-0.15, -0.1) is 0 Å². The summed E-state index contributed by atoms with van der Waals surface area (Å²) in [6.45, 7) is -0.378. The minimum absolute atomic E-state index is 0.108. The third-order valence-electron chi connectivity index (χ3n) is 4.90. The molecule has 1 amide bonds. The van der Waals surface area contributed by atoms with Crippen molar-refractivity contribution in [3.63, 3.8) is 0 Å². The molecule has 1 aliphatic rings. The Morgan fingerprint density at radius 2 is 1.67 bits per heavy atom. The zero-order valence-electron chi connectivity index (χ0n) is 17.2. The van der Waals surface area contributed by atoms with Crippen molar-refractivity contribution in [2.45, 2.75) is 17.4 Å². The molecule has 33 heavy (non-hydrogen) atoms. The van der Waals surface area contributed by atoms with E-state index in [1.54, 1.807) is 0 Å². The first-order valence-corrected chi connectivity index (χ1v) is 12.2. The summed E-state index contributed by atoms with van der Waals surface area (Å²) in [7, 11) is -5.94. The van der Waals surface area contributed by atoms with Gasteiger partial charge >= 0.3 is 0 Å². The number of amides is 1. The number of aromatic nitrogens is 1. The molecule has 2 heterocycles. The van der Waals surface area contributed by atoms with Gasteiger partial charge in [-0.1, -0.05) is 0 Å². The lowest BCUT2D eigenvalue weighted by Gasteiger charge is -2.16. The molecule has 10 nitrogen and oxygen atoms in total. The highest BCUT2D eigenvalue weighted by molar-refractivity contribution is 7.89. The number of carbonyl (C=O) groups is 1. The van der Waals surface area contributed by atoms with Crippen LogP contribution in [0.5, 0.6) is 0 Å². The molecule has 2 aromatic rings. The molecule has 0 spiro atoms. The number of nitrogens with one attached hydrogen (secondary N) is 3. The summed E-state index contributed by atoms with van der Waals surface area (Å²) < 4.78 is 110. The number of nitrogens with zero attached hydrogens (tertiary/aromatic N) is 2. The minimum Gasteiger partial charge on any atom is -0.343 e. The van der Waals surface area contributed by atoms with E-state index in [0.29, 0.717) is 12.1 Å². The first kappa shape index (κ1) is 25.1. The van der Waals surface area contributed by atoms with E-state index in [9.17, 15) is 34.8 Å². The lowest BCUT2D eigenvalue weighted by Crippen LogP contribution is -2.43. The summed E-state index contributed by atoms with van der Waals surface area (Å²) in [6, 6.07) is 0.201. The van der Waals surface area contributed by atoms with E-state index in [4.69, 9.17) is 0 Å². The summed E-state index contributed by atoms with van der Waals surface area (Å²) in [6.07, 6.45) is 0.972. The Morgan fingerprint density at radius 3 is 2.24 bits per heavy atom. The molecule has 1 aromatic carbocycles. The van der Waals surface area contributed by atoms with E-state index in [-0.39, 0.29) is 19.5 Å². The number of aryl methyl sites for hydroxylation is 1. The highest BCUT2D eigenvalue weighted by Crippen LogP contribution is 2.27. The molecule has 0 aliphatic carbocycles. The summed E-state index contributed by atoms with van der Waals surface area (Å²) in [4.78, 5) is 11.6. The second kappa shape index (κ2) is 9.02. The van der Waals surface area contributed by atoms with Crippen molar-refractivity contribution in [3.8, 4) is 0 Å². The van der Waals surface area contributed by atoms with Gasteiger partial charge in [0.1, 0.15) is 10.6 Å². The molecule has 0 bridgehead atoms. The standard InChI is InChI=1S/C17H19F4N5O5S2/c1-22-33(30,31)24-9-3-4-26(7-9)32(28,29)13-8-25(2)16(15(13)21)17(27)23-10-5-11(18)14(20)12(19)6-10/h5-6,8-9,22,24H,3-4,7H2,1-2H3,(H,23,27)/t9-/m1/s1. The molecular formula is C17H19F4N5O5S2. The first-order valence-electron chi connectivity index (χ1n) is 9.28. The molecule has 0 saturated carbocycles. The Balaban J connectivity index is 1.84. The first-order chi connectivity index (χ1) is 15.3. The molecule has 0 unspecified atom stereocenters. The van der Waals surface area contributed by atoms with E-state index >= 15 is 4.39 Å². The van der Waals surface area contributed by atoms with Crippen molar-refractivity contribution in [2.75, 3.05) is 25.5 Å². The zero-order chi connectivity index (χ0) is 24.7. The predicted octanol–water partition coefficient (Wildman–Crippen LogP) is 0.651. The SMILES string of the molecule is CNS(=O)(=O)N[C@@H]1CCN(S(=O)(=O)c2cn(C)c(C(=O)Nc3cc(F)c(F)c(F)c3)c2F)C1. The Bertz CT molecular complexity index is 1290. The van der Waals surface area contributed by atoms with Gasteiger partial charge in [0.2, 0.25) is 10.0 Å². The maximum absolute atomic E-state index is 15.0. The Kier molecular flexibility index (Phi) is 6.86. The summed E-state index contributed by atoms with van der Waals surface area (Å²) >= 11 is 0. The molecule has 1 saturated heterocycles. The van der Waals surface area contributed by atoms with Crippen LogP contribution in [0.4, 0.5) is 23.2 Å². The second-order valence-electron chi connectivity index (χ2n) is 7.15. The van der Waals surface area contributed by atoms with Gasteiger partial charge in [0.05, 0.1) is 0 Å². The summed E-state index contributed by atoms with van der Waals surface area (Å²) in [5.74, 6) is -7.58. The van der Waals surface area contributed by atoms with Crippen LogP contribution in [0.25, 0.3) is 0 Å². The lowest BCUT2D eigenvalue weighted by molar-refractivity contribution is 0.101. The van der Waals surface area contributed by atoms with E-state index in [0.717, 1.165) is 15.1 Å². The normalized spacial score (nSPS) is 17.5. The van der Waals surface area contributed by atoms with Gasteiger partial charge in [-0.25, -0.2) is 30.7 Å². The van der Waals surface area contributed by atoms with Crippen molar-refractivity contribution >= 4 is 31.8 Å². The summed E-state index contributed by atoms with van der Waals surface area (Å²) in [5, 5.41) is 1.98. The Morgan fingerprint density at radius 1 is 1.06 bits per heavy atom. The number of rotatable bonds is 7. The van der Waals surface area contributed by atoms with Crippen LogP contribution in [-0.2, 0) is 27.3 Å². The molecule has 0 radical (unpaired) electrons.